The van der Waals surface area contributed by atoms with Gasteiger partial charge in [-0.1, -0.05) is 0 Å². The number of aliphatic hydroxyl groups is 1. The summed E-state index contributed by atoms with van der Waals surface area (Å²) < 4.78 is 1.12. The van der Waals surface area contributed by atoms with Crippen LogP contribution in [-0.4, -0.2) is 17.8 Å². The molecule has 1 aromatic heterocycles. The van der Waals surface area contributed by atoms with Gasteiger partial charge in [0.2, 0.25) is 0 Å². The Morgan fingerprint density at radius 1 is 1.62 bits per heavy atom. The Morgan fingerprint density at radius 3 is 2.69 bits per heavy atom. The molecule has 4 heteroatoms. The first-order valence-corrected chi connectivity index (χ1v) is 5.87. The van der Waals surface area contributed by atoms with E-state index in [1.165, 1.54) is 4.88 Å². The highest BCUT2D eigenvalue weighted by atomic mass is 79.9. The minimum absolute atomic E-state index is 0.283. The third-order valence-corrected chi connectivity index (χ3v) is 3.69. The van der Waals surface area contributed by atoms with Crippen molar-refractivity contribution in [1.82, 2.24) is 0 Å². The summed E-state index contributed by atoms with van der Waals surface area (Å²) in [6, 6.07) is 4.08. The van der Waals surface area contributed by atoms with Crippen molar-refractivity contribution in [2.45, 2.75) is 25.4 Å². The number of nitrogens with two attached hydrogens (primary N) is 1. The molecule has 0 aliphatic rings. The summed E-state index contributed by atoms with van der Waals surface area (Å²) in [6.07, 6.45) is 0.457. The lowest BCUT2D eigenvalue weighted by atomic mass is 10.0. The summed E-state index contributed by atoms with van der Waals surface area (Å²) in [5.74, 6) is 0.288. The van der Waals surface area contributed by atoms with Gasteiger partial charge in [-0.2, -0.15) is 0 Å². The largest absolute Gasteiger partial charge is 0.393 e. The fourth-order valence-corrected chi connectivity index (χ4v) is 2.84. The Hall–Kier alpha value is 0.1000. The molecule has 1 rings (SSSR count). The average Bonchev–Trinajstić information content (AvgIpc) is 2.47. The fraction of sp³-hybridized carbons (Fsp3) is 0.556. The Balaban J connectivity index is 2.66. The lowest BCUT2D eigenvalue weighted by Gasteiger charge is -2.14. The van der Waals surface area contributed by atoms with Gasteiger partial charge in [-0.15, -0.1) is 11.3 Å². The SMILES string of the molecule is CC(O)CC(CN)c1ccc(Br)s1. The van der Waals surface area contributed by atoms with E-state index in [1.54, 1.807) is 18.3 Å². The smallest absolute Gasteiger partial charge is 0.0701 e. The number of hydrogen-bond acceptors (Lipinski definition) is 3. The van der Waals surface area contributed by atoms with Gasteiger partial charge in [-0.3, -0.25) is 0 Å². The van der Waals surface area contributed by atoms with Crippen LogP contribution in [0.5, 0.6) is 0 Å². The Morgan fingerprint density at radius 2 is 2.31 bits per heavy atom. The second kappa shape index (κ2) is 5.10. The van der Waals surface area contributed by atoms with Gasteiger partial charge < -0.3 is 10.8 Å². The number of hydrogen-bond donors (Lipinski definition) is 2. The van der Waals surface area contributed by atoms with Crippen molar-refractivity contribution >= 4 is 27.3 Å². The van der Waals surface area contributed by atoms with Crippen LogP contribution in [0.15, 0.2) is 15.9 Å². The van der Waals surface area contributed by atoms with Gasteiger partial charge in [0.05, 0.1) is 9.89 Å². The first-order chi connectivity index (χ1) is 6.13. The van der Waals surface area contributed by atoms with E-state index >= 15 is 0 Å². The molecule has 0 saturated heterocycles. The second-order valence-electron chi connectivity index (χ2n) is 3.16. The first-order valence-electron chi connectivity index (χ1n) is 4.27. The van der Waals surface area contributed by atoms with E-state index in [1.807, 2.05) is 6.07 Å². The third-order valence-electron chi connectivity index (χ3n) is 1.91. The molecule has 13 heavy (non-hydrogen) atoms. The quantitative estimate of drug-likeness (QED) is 0.876. The molecule has 0 aromatic carbocycles. The monoisotopic (exact) mass is 263 g/mol. The topological polar surface area (TPSA) is 46.2 Å². The molecule has 1 aromatic rings. The minimum Gasteiger partial charge on any atom is -0.393 e. The fourth-order valence-electron chi connectivity index (χ4n) is 1.29. The van der Waals surface area contributed by atoms with Crippen molar-refractivity contribution in [2.24, 2.45) is 5.73 Å². The Kier molecular flexibility index (Phi) is 4.38. The van der Waals surface area contributed by atoms with Crippen molar-refractivity contribution in [3.8, 4) is 0 Å². The molecule has 0 aliphatic carbocycles. The molecule has 74 valence electrons. The predicted octanol–water partition coefficient (Wildman–Crippen LogP) is 2.32. The number of aliphatic hydroxyl groups excluding tert-OH is 1. The molecular formula is C9H14BrNOS. The van der Waals surface area contributed by atoms with Crippen LogP contribution < -0.4 is 5.73 Å². The van der Waals surface area contributed by atoms with Gasteiger partial charge in [-0.25, -0.2) is 0 Å². The van der Waals surface area contributed by atoms with E-state index in [0.717, 1.165) is 10.2 Å². The number of thiophene rings is 1. The summed E-state index contributed by atoms with van der Waals surface area (Å²) in [5, 5.41) is 9.26. The molecule has 1 heterocycles. The maximum Gasteiger partial charge on any atom is 0.0701 e. The van der Waals surface area contributed by atoms with Crippen LogP contribution >= 0.6 is 27.3 Å². The molecule has 0 amide bonds. The summed E-state index contributed by atoms with van der Waals surface area (Å²) in [5.41, 5.74) is 5.64. The summed E-state index contributed by atoms with van der Waals surface area (Å²) >= 11 is 5.10. The normalized spacial score (nSPS) is 15.7. The highest BCUT2D eigenvalue weighted by Gasteiger charge is 2.14. The highest BCUT2D eigenvalue weighted by Crippen LogP contribution is 2.30. The zero-order valence-electron chi connectivity index (χ0n) is 7.53. The maximum atomic E-state index is 9.26. The van der Waals surface area contributed by atoms with Crippen molar-refractivity contribution < 1.29 is 5.11 Å². The molecule has 2 atom stereocenters. The molecule has 0 fully saturated rings. The standard InChI is InChI=1S/C9H14BrNOS/c1-6(12)4-7(5-11)8-2-3-9(10)13-8/h2-3,6-7,12H,4-5,11H2,1H3. The molecule has 0 saturated carbocycles. The van der Waals surface area contributed by atoms with Gasteiger partial charge in [-0.05, 0) is 41.4 Å². The molecule has 3 N–H and O–H groups in total. The Bertz CT molecular complexity index is 262. The maximum absolute atomic E-state index is 9.26. The zero-order chi connectivity index (χ0) is 9.84. The molecule has 2 unspecified atom stereocenters. The lowest BCUT2D eigenvalue weighted by molar-refractivity contribution is 0.175. The average molecular weight is 264 g/mol. The highest BCUT2D eigenvalue weighted by molar-refractivity contribution is 9.11. The predicted molar refractivity (Wildman–Crippen MR) is 60.1 cm³/mol. The van der Waals surface area contributed by atoms with Crippen molar-refractivity contribution in [3.63, 3.8) is 0 Å². The number of halogens is 1. The van der Waals surface area contributed by atoms with Crippen molar-refractivity contribution in [2.75, 3.05) is 6.54 Å². The van der Waals surface area contributed by atoms with Crippen LogP contribution in [0.1, 0.15) is 24.1 Å². The molecule has 2 nitrogen and oxygen atoms in total. The number of rotatable bonds is 4. The van der Waals surface area contributed by atoms with E-state index < -0.39 is 0 Å². The van der Waals surface area contributed by atoms with Gasteiger partial charge in [0.25, 0.3) is 0 Å². The van der Waals surface area contributed by atoms with Gasteiger partial charge in [0.15, 0.2) is 0 Å². The van der Waals surface area contributed by atoms with Crippen LogP contribution in [0.4, 0.5) is 0 Å². The summed E-state index contributed by atoms with van der Waals surface area (Å²) in [4.78, 5) is 1.25. The van der Waals surface area contributed by atoms with E-state index in [-0.39, 0.29) is 12.0 Å². The second-order valence-corrected chi connectivity index (χ2v) is 5.65. The Labute approximate surface area is 90.9 Å². The van der Waals surface area contributed by atoms with Crippen LogP contribution in [0.3, 0.4) is 0 Å². The van der Waals surface area contributed by atoms with Gasteiger partial charge in [0.1, 0.15) is 0 Å². The van der Waals surface area contributed by atoms with E-state index in [4.69, 9.17) is 5.73 Å². The van der Waals surface area contributed by atoms with E-state index in [9.17, 15) is 5.11 Å². The van der Waals surface area contributed by atoms with E-state index in [0.29, 0.717) is 6.54 Å². The zero-order valence-corrected chi connectivity index (χ0v) is 9.94. The van der Waals surface area contributed by atoms with Crippen LogP contribution in [0.2, 0.25) is 0 Å². The molecule has 0 spiro atoms. The van der Waals surface area contributed by atoms with Crippen LogP contribution in [-0.2, 0) is 0 Å². The van der Waals surface area contributed by atoms with Crippen molar-refractivity contribution in [1.29, 1.82) is 0 Å². The third kappa shape index (κ3) is 3.38. The van der Waals surface area contributed by atoms with Crippen LogP contribution in [0, 0.1) is 0 Å². The van der Waals surface area contributed by atoms with Crippen molar-refractivity contribution in [3.05, 3.63) is 20.8 Å². The lowest BCUT2D eigenvalue weighted by Crippen LogP contribution is -2.16. The van der Waals surface area contributed by atoms with Gasteiger partial charge >= 0.3 is 0 Å². The van der Waals surface area contributed by atoms with Gasteiger partial charge in [0, 0.05) is 17.3 Å². The van der Waals surface area contributed by atoms with Crippen LogP contribution in [0.25, 0.3) is 0 Å². The molecule has 0 radical (unpaired) electrons. The first kappa shape index (κ1) is 11.2. The summed E-state index contributed by atoms with van der Waals surface area (Å²) in [6.45, 7) is 2.39. The molecule has 0 aliphatic heterocycles. The summed E-state index contributed by atoms with van der Waals surface area (Å²) in [7, 11) is 0. The molecule has 0 bridgehead atoms. The molecular weight excluding hydrogens is 250 g/mol. The minimum atomic E-state index is -0.283. The van der Waals surface area contributed by atoms with E-state index in [2.05, 4.69) is 22.0 Å².